The van der Waals surface area contributed by atoms with Crippen molar-refractivity contribution in [1.29, 1.82) is 0 Å². The summed E-state index contributed by atoms with van der Waals surface area (Å²) in [6.07, 6.45) is 2.05. The van der Waals surface area contributed by atoms with Gasteiger partial charge in [0, 0.05) is 19.2 Å². The van der Waals surface area contributed by atoms with Crippen molar-refractivity contribution >= 4 is 5.91 Å². The lowest BCUT2D eigenvalue weighted by Crippen LogP contribution is -2.28. The molecule has 1 aromatic rings. The Kier molecular flexibility index (Phi) is 5.96. The average molecular weight is 245 g/mol. The number of unbranched alkanes of at least 4 members (excludes halogenated alkanes) is 1. The Balaban J connectivity index is 2.91. The first-order chi connectivity index (χ1) is 8.70. The highest BCUT2D eigenvalue weighted by Gasteiger charge is 2.13. The SMILES string of the molecule is CCCCN(C)C(=O)c1ccccc1C#CCO. The molecule has 0 aliphatic carbocycles. The Hall–Kier alpha value is -1.79. The molecule has 1 aromatic carbocycles. The minimum absolute atomic E-state index is 0.0220. The molecule has 0 unspecified atom stereocenters. The lowest BCUT2D eigenvalue weighted by molar-refractivity contribution is 0.0793. The Bertz CT molecular complexity index is 457. The van der Waals surface area contributed by atoms with E-state index >= 15 is 0 Å². The van der Waals surface area contributed by atoms with Gasteiger partial charge in [-0.3, -0.25) is 4.79 Å². The number of aliphatic hydroxyl groups is 1. The fourth-order valence-electron chi connectivity index (χ4n) is 1.62. The van der Waals surface area contributed by atoms with Crippen LogP contribution >= 0.6 is 0 Å². The molecule has 0 aliphatic rings. The van der Waals surface area contributed by atoms with Gasteiger partial charge in [0.1, 0.15) is 6.61 Å². The van der Waals surface area contributed by atoms with Crippen LogP contribution in [0.2, 0.25) is 0 Å². The molecule has 1 N–H and O–H groups in total. The number of carbonyl (C=O) groups is 1. The van der Waals surface area contributed by atoms with E-state index in [2.05, 4.69) is 18.8 Å². The van der Waals surface area contributed by atoms with Crippen LogP contribution in [0.15, 0.2) is 24.3 Å². The molecule has 3 heteroatoms. The van der Waals surface area contributed by atoms with E-state index in [1.807, 2.05) is 12.1 Å². The summed E-state index contributed by atoms with van der Waals surface area (Å²) < 4.78 is 0. The van der Waals surface area contributed by atoms with E-state index in [-0.39, 0.29) is 12.5 Å². The van der Waals surface area contributed by atoms with Crippen molar-refractivity contribution in [3.63, 3.8) is 0 Å². The summed E-state index contributed by atoms with van der Waals surface area (Å²) in [5.74, 6) is 5.36. The predicted octanol–water partition coefficient (Wildman–Crippen LogP) is 1.90. The van der Waals surface area contributed by atoms with Crippen LogP contribution in [-0.4, -0.2) is 36.1 Å². The molecule has 18 heavy (non-hydrogen) atoms. The number of carbonyl (C=O) groups excluding carboxylic acids is 1. The Morgan fingerprint density at radius 1 is 1.39 bits per heavy atom. The molecule has 0 radical (unpaired) electrons. The second-order valence-electron chi connectivity index (χ2n) is 4.09. The number of aliphatic hydroxyl groups excluding tert-OH is 1. The third kappa shape index (κ3) is 3.90. The molecular formula is C15H19NO2. The smallest absolute Gasteiger partial charge is 0.254 e. The quantitative estimate of drug-likeness (QED) is 0.823. The second-order valence-corrected chi connectivity index (χ2v) is 4.09. The molecule has 0 bridgehead atoms. The Labute approximate surface area is 108 Å². The highest BCUT2D eigenvalue weighted by molar-refractivity contribution is 5.96. The zero-order valence-electron chi connectivity index (χ0n) is 10.9. The number of nitrogens with zero attached hydrogens (tertiary/aromatic N) is 1. The number of rotatable bonds is 4. The molecule has 0 heterocycles. The summed E-state index contributed by atoms with van der Waals surface area (Å²) in [5, 5.41) is 8.71. The molecule has 96 valence electrons. The average Bonchev–Trinajstić information content (AvgIpc) is 2.42. The van der Waals surface area contributed by atoms with Gasteiger partial charge in [-0.25, -0.2) is 0 Å². The number of hydrogen-bond acceptors (Lipinski definition) is 2. The van der Waals surface area contributed by atoms with E-state index in [1.165, 1.54) is 0 Å². The fourth-order valence-corrected chi connectivity index (χ4v) is 1.62. The van der Waals surface area contributed by atoms with Crippen LogP contribution in [-0.2, 0) is 0 Å². The van der Waals surface area contributed by atoms with Crippen LogP contribution < -0.4 is 0 Å². The molecule has 3 nitrogen and oxygen atoms in total. The number of hydrogen-bond donors (Lipinski definition) is 1. The molecule has 0 atom stereocenters. The topological polar surface area (TPSA) is 40.5 Å². The van der Waals surface area contributed by atoms with Crippen molar-refractivity contribution < 1.29 is 9.90 Å². The van der Waals surface area contributed by atoms with E-state index in [4.69, 9.17) is 5.11 Å². The lowest BCUT2D eigenvalue weighted by Gasteiger charge is -2.17. The predicted molar refractivity (Wildman–Crippen MR) is 72.3 cm³/mol. The molecule has 0 saturated heterocycles. The Morgan fingerprint density at radius 2 is 2.11 bits per heavy atom. The van der Waals surface area contributed by atoms with Crippen molar-refractivity contribution in [3.05, 3.63) is 35.4 Å². The van der Waals surface area contributed by atoms with Crippen molar-refractivity contribution in [2.45, 2.75) is 19.8 Å². The fraction of sp³-hybridized carbons (Fsp3) is 0.400. The standard InChI is InChI=1S/C15H19NO2/c1-3-4-11-16(2)15(18)14-10-6-5-8-13(14)9-7-12-17/h5-6,8,10,17H,3-4,11-12H2,1-2H3. The summed E-state index contributed by atoms with van der Waals surface area (Å²) >= 11 is 0. The summed E-state index contributed by atoms with van der Waals surface area (Å²) in [7, 11) is 1.80. The Morgan fingerprint density at radius 3 is 2.78 bits per heavy atom. The summed E-state index contributed by atoms with van der Waals surface area (Å²) in [6.45, 7) is 2.64. The third-order valence-corrected chi connectivity index (χ3v) is 2.65. The van der Waals surface area contributed by atoms with Crippen molar-refractivity contribution in [3.8, 4) is 11.8 Å². The minimum atomic E-state index is -0.200. The van der Waals surface area contributed by atoms with Crippen LogP contribution in [0.25, 0.3) is 0 Å². The van der Waals surface area contributed by atoms with E-state index < -0.39 is 0 Å². The van der Waals surface area contributed by atoms with Crippen LogP contribution in [0.3, 0.4) is 0 Å². The first-order valence-electron chi connectivity index (χ1n) is 6.15. The molecule has 0 aliphatic heterocycles. The minimum Gasteiger partial charge on any atom is -0.384 e. The highest BCUT2D eigenvalue weighted by Crippen LogP contribution is 2.10. The van der Waals surface area contributed by atoms with Crippen LogP contribution in [0.4, 0.5) is 0 Å². The molecule has 0 aromatic heterocycles. The highest BCUT2D eigenvalue weighted by atomic mass is 16.2. The van der Waals surface area contributed by atoms with Gasteiger partial charge >= 0.3 is 0 Å². The summed E-state index contributed by atoms with van der Waals surface area (Å²) in [6, 6.07) is 7.23. The van der Waals surface area contributed by atoms with Gasteiger partial charge < -0.3 is 10.0 Å². The van der Waals surface area contributed by atoms with Crippen molar-refractivity contribution in [2.24, 2.45) is 0 Å². The first-order valence-corrected chi connectivity index (χ1v) is 6.15. The monoisotopic (exact) mass is 245 g/mol. The van der Waals surface area contributed by atoms with Gasteiger partial charge in [-0.2, -0.15) is 0 Å². The maximum Gasteiger partial charge on any atom is 0.254 e. The van der Waals surface area contributed by atoms with E-state index in [1.54, 1.807) is 24.1 Å². The molecule has 1 amide bonds. The molecule has 0 spiro atoms. The number of benzene rings is 1. The van der Waals surface area contributed by atoms with Gasteiger partial charge in [0.25, 0.3) is 5.91 Å². The van der Waals surface area contributed by atoms with E-state index in [0.717, 1.165) is 19.4 Å². The normalized spacial score (nSPS) is 9.50. The van der Waals surface area contributed by atoms with Crippen LogP contribution in [0.5, 0.6) is 0 Å². The van der Waals surface area contributed by atoms with Crippen LogP contribution in [0.1, 0.15) is 35.7 Å². The van der Waals surface area contributed by atoms with Crippen LogP contribution in [0, 0.1) is 11.8 Å². The zero-order valence-corrected chi connectivity index (χ0v) is 10.9. The van der Waals surface area contributed by atoms with Gasteiger partial charge in [-0.1, -0.05) is 37.3 Å². The lowest BCUT2D eigenvalue weighted by atomic mass is 10.1. The number of amides is 1. The van der Waals surface area contributed by atoms with Gasteiger partial charge in [0.05, 0.1) is 5.56 Å². The summed E-state index contributed by atoms with van der Waals surface area (Å²) in [5.41, 5.74) is 1.26. The second kappa shape index (κ2) is 7.52. The maximum atomic E-state index is 12.2. The van der Waals surface area contributed by atoms with Crippen molar-refractivity contribution in [2.75, 3.05) is 20.2 Å². The molecule has 1 rings (SSSR count). The largest absolute Gasteiger partial charge is 0.384 e. The van der Waals surface area contributed by atoms with Gasteiger partial charge in [0.2, 0.25) is 0 Å². The maximum absolute atomic E-state index is 12.2. The zero-order chi connectivity index (χ0) is 13.4. The first kappa shape index (κ1) is 14.3. The van der Waals surface area contributed by atoms with E-state index in [0.29, 0.717) is 11.1 Å². The van der Waals surface area contributed by atoms with Gasteiger partial charge in [-0.15, -0.1) is 0 Å². The third-order valence-electron chi connectivity index (χ3n) is 2.65. The van der Waals surface area contributed by atoms with E-state index in [9.17, 15) is 4.79 Å². The van der Waals surface area contributed by atoms with Gasteiger partial charge in [-0.05, 0) is 18.6 Å². The molecule has 0 fully saturated rings. The van der Waals surface area contributed by atoms with Crippen molar-refractivity contribution in [1.82, 2.24) is 4.90 Å². The summed E-state index contributed by atoms with van der Waals surface area (Å²) in [4.78, 5) is 13.9. The molecule has 0 saturated carbocycles. The van der Waals surface area contributed by atoms with Gasteiger partial charge in [0.15, 0.2) is 0 Å². The molecular weight excluding hydrogens is 226 g/mol.